The fourth-order valence-corrected chi connectivity index (χ4v) is 2.87. The Hall–Kier alpha value is -3.39. The molecule has 0 saturated carbocycles. The fourth-order valence-electron chi connectivity index (χ4n) is 2.87. The maximum atomic E-state index is 12.4. The molecule has 0 aromatic heterocycles. The molecule has 0 bridgehead atoms. The van der Waals surface area contributed by atoms with E-state index in [9.17, 15) is 14.4 Å². The topological polar surface area (TPSA) is 97.0 Å². The van der Waals surface area contributed by atoms with Crippen molar-refractivity contribution in [2.45, 2.75) is 0 Å². The Morgan fingerprint density at radius 2 is 1.52 bits per heavy atom. The minimum Gasteiger partial charge on any atom is -0.465 e. The third kappa shape index (κ3) is 5.55. The van der Waals surface area contributed by atoms with Crippen molar-refractivity contribution in [3.8, 4) is 0 Å². The van der Waals surface area contributed by atoms with Gasteiger partial charge in [-0.15, -0.1) is 0 Å². The van der Waals surface area contributed by atoms with Gasteiger partial charge in [-0.3, -0.25) is 9.59 Å². The van der Waals surface area contributed by atoms with Gasteiger partial charge >= 0.3 is 5.97 Å². The first-order chi connectivity index (χ1) is 14.1. The van der Waals surface area contributed by atoms with Crippen LogP contribution in [-0.2, 0) is 14.3 Å². The first-order valence-electron chi connectivity index (χ1n) is 9.26. The summed E-state index contributed by atoms with van der Waals surface area (Å²) in [5, 5.41) is 5.76. The first kappa shape index (κ1) is 20.3. The van der Waals surface area contributed by atoms with Crippen LogP contribution in [0.1, 0.15) is 20.7 Å². The molecular weight excluding hydrogens is 374 g/mol. The first-order valence-corrected chi connectivity index (χ1v) is 9.26. The highest BCUT2D eigenvalue weighted by Crippen LogP contribution is 2.13. The molecule has 0 spiro atoms. The second-order valence-corrected chi connectivity index (χ2v) is 6.45. The highest BCUT2D eigenvalue weighted by molar-refractivity contribution is 5.96. The number of nitrogens with zero attached hydrogens (tertiary/aromatic N) is 1. The third-order valence-corrected chi connectivity index (χ3v) is 4.47. The number of rotatable bonds is 6. The van der Waals surface area contributed by atoms with Crippen molar-refractivity contribution < 1.29 is 23.9 Å². The predicted octanol–water partition coefficient (Wildman–Crippen LogP) is 2.00. The molecule has 8 heteroatoms. The molecule has 2 N–H and O–H groups in total. The molecule has 0 radical (unpaired) electrons. The van der Waals surface area contributed by atoms with Crippen LogP contribution >= 0.6 is 0 Å². The lowest BCUT2D eigenvalue weighted by molar-refractivity contribution is -0.114. The van der Waals surface area contributed by atoms with E-state index >= 15 is 0 Å². The average molecular weight is 397 g/mol. The summed E-state index contributed by atoms with van der Waals surface area (Å²) in [4.78, 5) is 37.7. The van der Waals surface area contributed by atoms with Gasteiger partial charge in [0.05, 0.1) is 32.4 Å². The van der Waals surface area contributed by atoms with E-state index in [1.807, 2.05) is 0 Å². The van der Waals surface area contributed by atoms with Crippen molar-refractivity contribution in [1.82, 2.24) is 4.90 Å². The van der Waals surface area contributed by atoms with E-state index in [1.165, 1.54) is 7.11 Å². The molecule has 0 unspecified atom stereocenters. The van der Waals surface area contributed by atoms with E-state index in [0.29, 0.717) is 43.1 Å². The normalized spacial score (nSPS) is 13.5. The summed E-state index contributed by atoms with van der Waals surface area (Å²) in [5.41, 5.74) is 2.33. The van der Waals surface area contributed by atoms with E-state index < -0.39 is 5.97 Å². The van der Waals surface area contributed by atoms with Crippen LogP contribution in [0.15, 0.2) is 48.5 Å². The zero-order valence-corrected chi connectivity index (χ0v) is 16.1. The van der Waals surface area contributed by atoms with Crippen LogP contribution < -0.4 is 10.6 Å². The van der Waals surface area contributed by atoms with Gasteiger partial charge in [-0.25, -0.2) is 4.79 Å². The fraction of sp³-hybridized carbons (Fsp3) is 0.286. The number of benzene rings is 2. The van der Waals surface area contributed by atoms with Crippen LogP contribution in [0.4, 0.5) is 11.4 Å². The molecule has 152 valence electrons. The van der Waals surface area contributed by atoms with Gasteiger partial charge in [-0.05, 0) is 48.5 Å². The van der Waals surface area contributed by atoms with Crippen LogP contribution in [-0.4, -0.2) is 62.6 Å². The number of esters is 1. The maximum absolute atomic E-state index is 12.4. The summed E-state index contributed by atoms with van der Waals surface area (Å²) in [5.74, 6) is -0.683. The number of morpholine rings is 1. The Bertz CT molecular complexity index is 859. The number of carbonyl (C=O) groups is 3. The number of hydrogen-bond donors (Lipinski definition) is 2. The Labute approximate surface area is 168 Å². The molecule has 1 fully saturated rings. The number of ether oxygens (including phenoxy) is 2. The molecule has 1 heterocycles. The zero-order valence-electron chi connectivity index (χ0n) is 16.1. The molecule has 1 saturated heterocycles. The monoisotopic (exact) mass is 397 g/mol. The lowest BCUT2D eigenvalue weighted by Crippen LogP contribution is -2.40. The number of nitrogens with one attached hydrogen (secondary N) is 2. The number of amides is 2. The third-order valence-electron chi connectivity index (χ3n) is 4.47. The summed E-state index contributed by atoms with van der Waals surface area (Å²) in [6.07, 6.45) is 0. The Morgan fingerprint density at radius 1 is 0.931 bits per heavy atom. The largest absolute Gasteiger partial charge is 0.465 e. The lowest BCUT2D eigenvalue weighted by Gasteiger charge is -2.26. The zero-order chi connectivity index (χ0) is 20.6. The van der Waals surface area contributed by atoms with Gasteiger partial charge < -0.3 is 25.0 Å². The summed E-state index contributed by atoms with van der Waals surface area (Å²) < 4.78 is 9.90. The second-order valence-electron chi connectivity index (χ2n) is 6.45. The van der Waals surface area contributed by atoms with Crippen LogP contribution in [0.3, 0.4) is 0 Å². The molecule has 29 heavy (non-hydrogen) atoms. The van der Waals surface area contributed by atoms with Crippen molar-refractivity contribution in [2.24, 2.45) is 0 Å². The van der Waals surface area contributed by atoms with Crippen molar-refractivity contribution in [3.63, 3.8) is 0 Å². The van der Waals surface area contributed by atoms with E-state index in [0.717, 1.165) is 5.69 Å². The van der Waals surface area contributed by atoms with Crippen LogP contribution in [0, 0.1) is 0 Å². The number of hydrogen-bond acceptors (Lipinski definition) is 6. The minimum absolute atomic E-state index is 0.0204. The SMILES string of the molecule is COC(=O)c1ccc(NC(=O)CNc2ccc(C(=O)N3CCOCC3)cc2)cc1. The second kappa shape index (κ2) is 9.70. The van der Waals surface area contributed by atoms with Crippen molar-refractivity contribution >= 4 is 29.2 Å². The number of carbonyl (C=O) groups excluding carboxylic acids is 3. The lowest BCUT2D eigenvalue weighted by atomic mass is 10.1. The van der Waals surface area contributed by atoms with Gasteiger partial charge in [-0.2, -0.15) is 0 Å². The highest BCUT2D eigenvalue weighted by atomic mass is 16.5. The van der Waals surface area contributed by atoms with Gasteiger partial charge in [0.2, 0.25) is 5.91 Å². The van der Waals surface area contributed by atoms with Crippen molar-refractivity contribution in [1.29, 1.82) is 0 Å². The summed E-state index contributed by atoms with van der Waals surface area (Å²) >= 11 is 0. The van der Waals surface area contributed by atoms with Crippen LogP contribution in [0.5, 0.6) is 0 Å². The van der Waals surface area contributed by atoms with E-state index in [2.05, 4.69) is 15.4 Å². The van der Waals surface area contributed by atoms with Crippen molar-refractivity contribution in [2.75, 3.05) is 50.6 Å². The smallest absolute Gasteiger partial charge is 0.337 e. The molecule has 2 aromatic rings. The van der Waals surface area contributed by atoms with Gasteiger partial charge in [0.1, 0.15) is 0 Å². The summed E-state index contributed by atoms with van der Waals surface area (Å²) in [6.45, 7) is 2.38. The average Bonchev–Trinajstić information content (AvgIpc) is 2.78. The molecule has 1 aliphatic heterocycles. The van der Waals surface area contributed by atoms with Gasteiger partial charge in [0.15, 0.2) is 0 Å². The van der Waals surface area contributed by atoms with Crippen LogP contribution in [0.2, 0.25) is 0 Å². The molecule has 2 amide bonds. The number of anilines is 2. The Kier molecular flexibility index (Phi) is 6.80. The molecule has 8 nitrogen and oxygen atoms in total. The molecule has 3 rings (SSSR count). The molecule has 0 atom stereocenters. The van der Waals surface area contributed by atoms with Gasteiger partial charge in [0, 0.05) is 30.0 Å². The quantitative estimate of drug-likeness (QED) is 0.724. The minimum atomic E-state index is -0.430. The van der Waals surface area contributed by atoms with Crippen molar-refractivity contribution in [3.05, 3.63) is 59.7 Å². The van der Waals surface area contributed by atoms with E-state index in [1.54, 1.807) is 53.4 Å². The molecular formula is C21H23N3O5. The predicted molar refractivity (Wildman–Crippen MR) is 108 cm³/mol. The van der Waals surface area contributed by atoms with Crippen LogP contribution in [0.25, 0.3) is 0 Å². The van der Waals surface area contributed by atoms with E-state index in [4.69, 9.17) is 4.74 Å². The number of methoxy groups -OCH3 is 1. The molecule has 0 aliphatic carbocycles. The highest BCUT2D eigenvalue weighted by Gasteiger charge is 2.18. The maximum Gasteiger partial charge on any atom is 0.337 e. The van der Waals surface area contributed by atoms with E-state index in [-0.39, 0.29) is 18.4 Å². The van der Waals surface area contributed by atoms with Gasteiger partial charge in [-0.1, -0.05) is 0 Å². The van der Waals surface area contributed by atoms with Gasteiger partial charge in [0.25, 0.3) is 5.91 Å². The standard InChI is InChI=1S/C21H23N3O5/c1-28-21(27)16-4-8-18(9-5-16)23-19(25)14-22-17-6-2-15(3-7-17)20(26)24-10-12-29-13-11-24/h2-9,22H,10-14H2,1H3,(H,23,25). The Morgan fingerprint density at radius 3 is 2.14 bits per heavy atom. The Balaban J connectivity index is 1.48. The molecule has 2 aromatic carbocycles. The molecule has 1 aliphatic rings. The summed E-state index contributed by atoms with van der Waals surface area (Å²) in [7, 11) is 1.31. The summed E-state index contributed by atoms with van der Waals surface area (Å²) in [6, 6.07) is 13.5.